The van der Waals surface area contributed by atoms with Crippen molar-refractivity contribution in [2.24, 2.45) is 5.92 Å². The number of carboxylic acids is 1. The number of hydrogen-bond acceptors (Lipinski definition) is 4. The molecule has 0 radical (unpaired) electrons. The van der Waals surface area contributed by atoms with Gasteiger partial charge in [-0.3, -0.25) is 14.0 Å². The second kappa shape index (κ2) is 7.08. The molecule has 2 aromatic heterocycles. The maximum absolute atomic E-state index is 12.4. The Morgan fingerprint density at radius 3 is 2.70 bits per heavy atom. The minimum Gasteiger partial charge on any atom is -0.481 e. The molecule has 0 aromatic carbocycles. The Morgan fingerprint density at radius 1 is 1.35 bits per heavy atom. The minimum atomic E-state index is -0.962. The van der Waals surface area contributed by atoms with Gasteiger partial charge in [0.2, 0.25) is 5.91 Å². The van der Waals surface area contributed by atoms with Crippen LogP contribution >= 0.6 is 0 Å². The predicted octanol–water partition coefficient (Wildman–Crippen LogP) is 0.455. The fourth-order valence-corrected chi connectivity index (χ4v) is 2.29. The lowest BCUT2D eigenvalue weighted by Gasteiger charge is -2.23. The van der Waals surface area contributed by atoms with Crippen LogP contribution in [0.5, 0.6) is 0 Å². The number of hydrogen-bond donors (Lipinski definition) is 1. The quantitative estimate of drug-likeness (QED) is 0.799. The first kappa shape index (κ1) is 16.7. The van der Waals surface area contributed by atoms with Gasteiger partial charge >= 0.3 is 11.7 Å². The molecule has 0 saturated heterocycles. The fraction of sp³-hybridized carbons (Fsp3) is 0.467. The largest absolute Gasteiger partial charge is 0.481 e. The van der Waals surface area contributed by atoms with Gasteiger partial charge in [0, 0.05) is 19.3 Å². The number of fused-ring (bicyclic) bond motifs is 1. The van der Waals surface area contributed by atoms with Crippen molar-refractivity contribution in [3.05, 3.63) is 34.9 Å². The molecule has 23 heavy (non-hydrogen) atoms. The van der Waals surface area contributed by atoms with Gasteiger partial charge in [0.05, 0.1) is 6.42 Å². The number of aromatic nitrogens is 3. The molecule has 8 heteroatoms. The number of aliphatic carboxylic acids is 1. The van der Waals surface area contributed by atoms with E-state index in [1.54, 1.807) is 24.4 Å². The van der Waals surface area contributed by atoms with Crippen molar-refractivity contribution < 1.29 is 14.7 Å². The van der Waals surface area contributed by atoms with E-state index in [0.717, 1.165) is 4.68 Å². The highest BCUT2D eigenvalue weighted by atomic mass is 16.4. The Labute approximate surface area is 132 Å². The third-order valence-corrected chi connectivity index (χ3v) is 3.31. The summed E-state index contributed by atoms with van der Waals surface area (Å²) in [6, 6.07) is 5.14. The molecule has 2 heterocycles. The Kier molecular flexibility index (Phi) is 5.15. The second-order valence-electron chi connectivity index (χ2n) is 5.75. The molecule has 0 spiro atoms. The van der Waals surface area contributed by atoms with Crippen molar-refractivity contribution >= 4 is 17.5 Å². The van der Waals surface area contributed by atoms with Crippen molar-refractivity contribution in [3.8, 4) is 0 Å². The first-order valence-electron chi connectivity index (χ1n) is 7.42. The lowest BCUT2D eigenvalue weighted by atomic mass is 10.2. The zero-order valence-corrected chi connectivity index (χ0v) is 13.2. The molecule has 0 aliphatic rings. The Balaban J connectivity index is 2.17. The number of carboxylic acid groups (broad SMARTS) is 1. The number of carbonyl (C=O) groups excluding carboxylic acids is 1. The molecule has 0 unspecified atom stereocenters. The number of pyridine rings is 1. The van der Waals surface area contributed by atoms with Gasteiger partial charge in [0.25, 0.3) is 0 Å². The summed E-state index contributed by atoms with van der Waals surface area (Å²) in [4.78, 5) is 36.8. The SMILES string of the molecule is CC(C)CN(CCC(=O)O)C(=O)Cn1nc2ccccn2c1=O. The van der Waals surface area contributed by atoms with Gasteiger partial charge in [-0.25, -0.2) is 9.48 Å². The predicted molar refractivity (Wildman–Crippen MR) is 83.1 cm³/mol. The molecule has 0 bridgehead atoms. The van der Waals surface area contributed by atoms with Crippen molar-refractivity contribution in [1.82, 2.24) is 19.1 Å². The average molecular weight is 320 g/mol. The number of amides is 1. The number of rotatable bonds is 7. The van der Waals surface area contributed by atoms with Crippen molar-refractivity contribution in [2.75, 3.05) is 13.1 Å². The molecule has 2 rings (SSSR count). The van der Waals surface area contributed by atoms with Crippen LogP contribution in [0.1, 0.15) is 20.3 Å². The normalized spacial score (nSPS) is 11.1. The van der Waals surface area contributed by atoms with E-state index in [1.807, 2.05) is 13.8 Å². The van der Waals surface area contributed by atoms with Crippen LogP contribution in [0.4, 0.5) is 0 Å². The van der Waals surface area contributed by atoms with Gasteiger partial charge in [-0.05, 0) is 18.1 Å². The average Bonchev–Trinajstić information content (AvgIpc) is 2.80. The molecule has 0 aliphatic carbocycles. The molecule has 0 fully saturated rings. The van der Waals surface area contributed by atoms with E-state index in [9.17, 15) is 14.4 Å². The molecular weight excluding hydrogens is 300 g/mol. The monoisotopic (exact) mass is 320 g/mol. The van der Waals surface area contributed by atoms with E-state index in [1.165, 1.54) is 9.30 Å². The van der Waals surface area contributed by atoms with E-state index in [2.05, 4.69) is 5.10 Å². The zero-order chi connectivity index (χ0) is 17.0. The Morgan fingerprint density at radius 2 is 2.09 bits per heavy atom. The maximum atomic E-state index is 12.4. The van der Waals surface area contributed by atoms with Gasteiger partial charge in [-0.2, -0.15) is 0 Å². The summed E-state index contributed by atoms with van der Waals surface area (Å²) in [6.07, 6.45) is 1.46. The fourth-order valence-electron chi connectivity index (χ4n) is 2.29. The summed E-state index contributed by atoms with van der Waals surface area (Å²) in [7, 11) is 0. The second-order valence-corrected chi connectivity index (χ2v) is 5.75. The lowest BCUT2D eigenvalue weighted by molar-refractivity contribution is -0.139. The van der Waals surface area contributed by atoms with Gasteiger partial charge < -0.3 is 10.0 Å². The summed E-state index contributed by atoms with van der Waals surface area (Å²) in [6.45, 7) is 4.24. The minimum absolute atomic E-state index is 0.120. The van der Waals surface area contributed by atoms with Gasteiger partial charge in [-0.15, -0.1) is 5.10 Å². The van der Waals surface area contributed by atoms with Gasteiger partial charge in [0.15, 0.2) is 5.65 Å². The van der Waals surface area contributed by atoms with Crippen LogP contribution in [0.2, 0.25) is 0 Å². The van der Waals surface area contributed by atoms with Gasteiger partial charge in [0.1, 0.15) is 6.54 Å². The first-order chi connectivity index (χ1) is 10.9. The number of carbonyl (C=O) groups is 2. The maximum Gasteiger partial charge on any atom is 0.350 e. The van der Waals surface area contributed by atoms with Crippen LogP contribution in [0.25, 0.3) is 5.65 Å². The van der Waals surface area contributed by atoms with Crippen LogP contribution in [-0.2, 0) is 16.1 Å². The summed E-state index contributed by atoms with van der Waals surface area (Å²) in [5, 5.41) is 12.9. The van der Waals surface area contributed by atoms with Crippen molar-refractivity contribution in [2.45, 2.75) is 26.8 Å². The molecular formula is C15H20N4O4. The molecule has 124 valence electrons. The zero-order valence-electron chi connectivity index (χ0n) is 13.2. The molecule has 0 atom stereocenters. The van der Waals surface area contributed by atoms with Crippen molar-refractivity contribution in [1.29, 1.82) is 0 Å². The first-order valence-corrected chi connectivity index (χ1v) is 7.42. The molecule has 1 N–H and O–H groups in total. The standard InChI is InChI=1S/C15H20N4O4/c1-11(2)9-17(8-6-14(21)22)13(20)10-19-15(23)18-7-4-3-5-12(18)16-19/h3-5,7,11H,6,8-10H2,1-2H3,(H,21,22). The Bertz CT molecular complexity index is 762. The highest BCUT2D eigenvalue weighted by molar-refractivity contribution is 5.76. The van der Waals surface area contributed by atoms with Crippen LogP contribution < -0.4 is 5.69 Å². The summed E-state index contributed by atoms with van der Waals surface area (Å²) in [5.41, 5.74) is 0.0722. The third kappa shape index (κ3) is 4.18. The lowest BCUT2D eigenvalue weighted by Crippen LogP contribution is -2.40. The topological polar surface area (TPSA) is 96.9 Å². The Hall–Kier alpha value is -2.64. The van der Waals surface area contributed by atoms with E-state index < -0.39 is 11.7 Å². The molecule has 0 saturated carbocycles. The summed E-state index contributed by atoms with van der Waals surface area (Å²) >= 11 is 0. The van der Waals surface area contributed by atoms with Crippen molar-refractivity contribution in [3.63, 3.8) is 0 Å². The summed E-state index contributed by atoms with van der Waals surface area (Å²) < 4.78 is 2.46. The number of nitrogens with zero attached hydrogens (tertiary/aromatic N) is 4. The van der Waals surface area contributed by atoms with E-state index >= 15 is 0 Å². The highest BCUT2D eigenvalue weighted by Crippen LogP contribution is 2.03. The van der Waals surface area contributed by atoms with E-state index in [4.69, 9.17) is 5.11 Å². The van der Waals surface area contributed by atoms with E-state index in [0.29, 0.717) is 12.2 Å². The van der Waals surface area contributed by atoms with Crippen LogP contribution in [-0.4, -0.2) is 49.2 Å². The molecule has 0 aliphatic heterocycles. The smallest absolute Gasteiger partial charge is 0.350 e. The van der Waals surface area contributed by atoms with Gasteiger partial charge in [-0.1, -0.05) is 19.9 Å². The van der Waals surface area contributed by atoms with E-state index in [-0.39, 0.29) is 31.3 Å². The van der Waals surface area contributed by atoms with Crippen LogP contribution in [0.3, 0.4) is 0 Å². The molecule has 8 nitrogen and oxygen atoms in total. The summed E-state index contributed by atoms with van der Waals surface area (Å²) in [5.74, 6) is -1.08. The highest BCUT2D eigenvalue weighted by Gasteiger charge is 2.18. The van der Waals surface area contributed by atoms with Crippen LogP contribution in [0, 0.1) is 5.92 Å². The molecule has 2 aromatic rings. The third-order valence-electron chi connectivity index (χ3n) is 3.31. The van der Waals surface area contributed by atoms with Crippen LogP contribution in [0.15, 0.2) is 29.2 Å². The molecule has 1 amide bonds.